The maximum Gasteiger partial charge on any atom is 0.312 e. The number of hydrogen-bond acceptors (Lipinski definition) is 11. The third-order valence-electron chi connectivity index (χ3n) is 22.9. The minimum absolute atomic E-state index is 0.0197. The number of carbonyl (C=O) groups is 5. The summed E-state index contributed by atoms with van der Waals surface area (Å²) in [5.74, 6) is 6.87. The normalized spacial score (nSPS) is 40.0. The van der Waals surface area contributed by atoms with E-state index in [0.717, 1.165) is 126 Å². The van der Waals surface area contributed by atoms with Gasteiger partial charge in [-0.05, 0) is 238 Å². The van der Waals surface area contributed by atoms with Gasteiger partial charge in [0.15, 0.2) is 0 Å². The zero-order chi connectivity index (χ0) is 54.2. The van der Waals surface area contributed by atoms with E-state index in [4.69, 9.17) is 23.7 Å². The average Bonchev–Trinajstić information content (AvgIpc) is 4.23. The van der Waals surface area contributed by atoms with Crippen molar-refractivity contribution in [2.24, 2.45) is 86.8 Å². The van der Waals surface area contributed by atoms with Crippen molar-refractivity contribution >= 4 is 29.8 Å². The van der Waals surface area contributed by atoms with Crippen molar-refractivity contribution in [2.75, 3.05) is 0 Å². The Kier molecular flexibility index (Phi) is 16.2. The van der Waals surface area contributed by atoms with Crippen LogP contribution in [0, 0.1) is 86.8 Å². The third kappa shape index (κ3) is 10.8. The molecule has 74 heavy (non-hydrogen) atoms. The lowest BCUT2D eigenvalue weighted by Gasteiger charge is -2.59. The largest absolute Gasteiger partial charge is 0.459 e. The van der Waals surface area contributed by atoms with Gasteiger partial charge in [-0.25, -0.2) is 0 Å². The van der Waals surface area contributed by atoms with E-state index in [2.05, 4.69) is 20.8 Å². The Morgan fingerprint density at radius 2 is 1.11 bits per heavy atom. The van der Waals surface area contributed by atoms with Crippen molar-refractivity contribution in [2.45, 2.75) is 279 Å². The summed E-state index contributed by atoms with van der Waals surface area (Å²) in [5.41, 5.74) is -2.70. The van der Waals surface area contributed by atoms with Crippen molar-refractivity contribution in [1.29, 1.82) is 0 Å². The van der Waals surface area contributed by atoms with Gasteiger partial charge in [0.2, 0.25) is 0 Å². The van der Waals surface area contributed by atoms with Gasteiger partial charge in [-0.15, -0.1) is 0 Å². The van der Waals surface area contributed by atoms with Crippen molar-refractivity contribution in [3.63, 3.8) is 0 Å². The van der Waals surface area contributed by atoms with Crippen molar-refractivity contribution < 1.29 is 52.8 Å². The molecule has 1 saturated heterocycles. The van der Waals surface area contributed by atoms with Crippen LogP contribution in [0.25, 0.3) is 0 Å². The maximum atomic E-state index is 12.7. The van der Waals surface area contributed by atoms with Crippen LogP contribution in [-0.2, 0) is 47.7 Å². The fraction of sp³-hybridized carbons (Fsp3) is 0.921. The quantitative estimate of drug-likeness (QED) is 0.101. The van der Waals surface area contributed by atoms with E-state index >= 15 is 0 Å². The highest BCUT2D eigenvalue weighted by Gasteiger charge is 2.68. The molecule has 12 aliphatic rings. The zero-order valence-electron chi connectivity index (χ0n) is 48.8. The molecule has 12 rings (SSSR count). The molecule has 11 saturated carbocycles. The van der Waals surface area contributed by atoms with Crippen LogP contribution >= 0.6 is 0 Å². The lowest BCUT2D eigenvalue weighted by Crippen LogP contribution is -2.61. The van der Waals surface area contributed by atoms with Crippen molar-refractivity contribution in [1.82, 2.24) is 0 Å². The molecule has 420 valence electrons. The summed E-state index contributed by atoms with van der Waals surface area (Å²) in [6.45, 7) is 28.2. The van der Waals surface area contributed by atoms with Crippen LogP contribution in [0.2, 0.25) is 0 Å². The Balaban J connectivity index is 0.000000133. The molecule has 14 atom stereocenters. The Bertz CT molecular complexity index is 2070. The summed E-state index contributed by atoms with van der Waals surface area (Å²) in [6, 6.07) is 0. The first-order valence-electron chi connectivity index (χ1n) is 30.4. The molecule has 0 radical (unpaired) electrons. The third-order valence-corrected chi connectivity index (χ3v) is 22.9. The Morgan fingerprint density at radius 3 is 1.64 bits per heavy atom. The smallest absolute Gasteiger partial charge is 0.312 e. The lowest BCUT2D eigenvalue weighted by atomic mass is 9.52. The lowest BCUT2D eigenvalue weighted by molar-refractivity contribution is -0.225. The Hall–Kier alpha value is -2.69. The van der Waals surface area contributed by atoms with Crippen LogP contribution in [0.3, 0.4) is 0 Å². The van der Waals surface area contributed by atoms with Gasteiger partial charge >= 0.3 is 29.8 Å². The van der Waals surface area contributed by atoms with Gasteiger partial charge in [0.1, 0.15) is 29.0 Å². The van der Waals surface area contributed by atoms with Crippen LogP contribution in [0.4, 0.5) is 0 Å². The topological polar surface area (TPSA) is 152 Å². The molecule has 0 spiro atoms. The second kappa shape index (κ2) is 20.8. The molecule has 0 aromatic carbocycles. The van der Waals surface area contributed by atoms with Gasteiger partial charge in [0.05, 0.1) is 33.2 Å². The summed E-state index contributed by atoms with van der Waals surface area (Å²) in [6.07, 6.45) is 23.7. The van der Waals surface area contributed by atoms with Gasteiger partial charge in [0.25, 0.3) is 0 Å². The average molecular weight is 1040 g/mol. The van der Waals surface area contributed by atoms with Crippen LogP contribution in [0.5, 0.6) is 0 Å². The molecular weight excluding hydrogens is 933 g/mol. The predicted octanol–water partition coefficient (Wildman–Crippen LogP) is 13.5. The number of rotatable bonds is 14. The number of carbonyl (C=O) groups excluding carboxylic acids is 5. The molecular formula is C63H102O11. The van der Waals surface area contributed by atoms with Gasteiger partial charge in [-0.1, -0.05) is 41.5 Å². The minimum Gasteiger partial charge on any atom is -0.459 e. The highest BCUT2D eigenvalue weighted by atomic mass is 16.6. The molecule has 11 heteroatoms. The molecule has 0 aromatic rings. The Labute approximate surface area is 446 Å². The number of esters is 5. The number of ether oxygens (including phenoxy) is 5. The van der Waals surface area contributed by atoms with Gasteiger partial charge in [-0.3, -0.25) is 24.0 Å². The molecule has 1 aliphatic heterocycles. The van der Waals surface area contributed by atoms with Crippen molar-refractivity contribution in [3.8, 4) is 0 Å². The van der Waals surface area contributed by atoms with Crippen LogP contribution in [0.1, 0.15) is 245 Å². The molecule has 0 amide bonds. The summed E-state index contributed by atoms with van der Waals surface area (Å²) < 4.78 is 29.1. The fourth-order valence-electron chi connectivity index (χ4n) is 17.0. The van der Waals surface area contributed by atoms with Crippen LogP contribution in [-0.4, -0.2) is 69.6 Å². The predicted molar refractivity (Wildman–Crippen MR) is 285 cm³/mol. The highest BCUT2D eigenvalue weighted by molar-refractivity contribution is 5.79. The first-order chi connectivity index (χ1) is 34.6. The molecule has 10 bridgehead atoms. The van der Waals surface area contributed by atoms with E-state index in [9.17, 15) is 29.1 Å². The van der Waals surface area contributed by atoms with E-state index in [1.807, 2.05) is 76.2 Å². The number of aliphatic hydroxyl groups is 1. The SMILES string of the molecule is CCC(C)(C)C(=O)OC1(CC)CC2CC1C1C3CCC(C3)C21.CCC(C)(C)C(=O)OC12CC3CC(CC(O)(C3)C1)C2.CCC(C)(C)C(=O)OC1C2CC3C(=O)OC1C3C2.CCC1(OC(=O)C(C)(C)CC)CCCC1. The molecule has 14 unspecified atom stereocenters. The van der Waals surface area contributed by atoms with Crippen LogP contribution < -0.4 is 0 Å². The Morgan fingerprint density at radius 1 is 0.581 bits per heavy atom. The monoisotopic (exact) mass is 1030 g/mol. The summed E-state index contributed by atoms with van der Waals surface area (Å²) in [5, 5.41) is 10.6. The molecule has 11 aliphatic carbocycles. The van der Waals surface area contributed by atoms with Gasteiger partial charge in [0, 0.05) is 24.2 Å². The van der Waals surface area contributed by atoms with E-state index in [1.54, 1.807) is 0 Å². The molecule has 12 fully saturated rings. The van der Waals surface area contributed by atoms with E-state index < -0.39 is 16.4 Å². The van der Waals surface area contributed by atoms with Gasteiger partial charge in [-0.2, -0.15) is 0 Å². The maximum absolute atomic E-state index is 12.7. The standard InChI is InChI=1S/C20H32O2.C16H26O3.C14H20O4.C13H24O2/c1-5-19(3,4)18(21)22-20(6-2)11-14-10-15(20)17-13-8-7-12(9-13)16(14)17;1-4-14(2,3)13(17)19-16-8-11-5-12(9-16)7-15(18,6-11)10-16;1-4-14(2,3)13(16)18-10-7-5-8-9(6-7)12(15)17-11(8)10;1-5-12(3,4)11(14)15-13(6-2)9-7-8-10-13/h12-17H,5-11H2,1-4H3;11-12,18H,4-10H2,1-3H3;7-11H,4-6H2,1-3H3;5-10H2,1-4H3. The first-order valence-corrected chi connectivity index (χ1v) is 30.4. The summed E-state index contributed by atoms with van der Waals surface area (Å²) in [4.78, 5) is 60.8. The first kappa shape index (κ1) is 57.5. The molecule has 0 aromatic heterocycles. The highest BCUT2D eigenvalue weighted by Crippen LogP contribution is 2.71. The van der Waals surface area contributed by atoms with E-state index in [0.29, 0.717) is 36.0 Å². The zero-order valence-corrected chi connectivity index (χ0v) is 48.8. The van der Waals surface area contributed by atoms with E-state index in [-0.39, 0.29) is 75.6 Å². The second-order valence-electron chi connectivity index (χ2n) is 29.2. The number of hydrogen-bond donors (Lipinski definition) is 1. The molecule has 1 N–H and O–H groups in total. The fourth-order valence-corrected chi connectivity index (χ4v) is 17.0. The minimum atomic E-state index is -0.555. The summed E-state index contributed by atoms with van der Waals surface area (Å²) in [7, 11) is 0. The van der Waals surface area contributed by atoms with Crippen molar-refractivity contribution in [3.05, 3.63) is 0 Å². The van der Waals surface area contributed by atoms with Gasteiger partial charge < -0.3 is 28.8 Å². The molecule has 1 heterocycles. The summed E-state index contributed by atoms with van der Waals surface area (Å²) >= 11 is 0. The second-order valence-corrected chi connectivity index (χ2v) is 29.2. The van der Waals surface area contributed by atoms with Crippen LogP contribution in [0.15, 0.2) is 0 Å². The number of fused-ring (bicyclic) bond motifs is 10. The molecule has 11 nitrogen and oxygen atoms in total. The van der Waals surface area contributed by atoms with E-state index in [1.165, 1.54) is 44.9 Å².